The number of ether oxygens (including phenoxy) is 2. The van der Waals surface area contributed by atoms with Crippen molar-refractivity contribution in [2.24, 2.45) is 0 Å². The number of Topliss-reactive ketones (excluding diaryl/α,β-unsaturated/α-hetero) is 1. The molecule has 6 nitrogen and oxygen atoms in total. The lowest BCUT2D eigenvalue weighted by molar-refractivity contribution is -0.142. The van der Waals surface area contributed by atoms with Gasteiger partial charge in [-0.15, -0.1) is 0 Å². The molecule has 0 unspecified atom stereocenters. The molecule has 1 aromatic carbocycles. The van der Waals surface area contributed by atoms with Gasteiger partial charge in [-0.1, -0.05) is 28.0 Å². The fourth-order valence-electron chi connectivity index (χ4n) is 2.76. The maximum absolute atomic E-state index is 12.2. The van der Waals surface area contributed by atoms with Crippen LogP contribution in [-0.4, -0.2) is 41.9 Å². The van der Waals surface area contributed by atoms with Gasteiger partial charge in [-0.2, -0.15) is 0 Å². The Labute approximate surface area is 160 Å². The van der Waals surface area contributed by atoms with Crippen molar-refractivity contribution in [1.82, 2.24) is 0 Å². The van der Waals surface area contributed by atoms with Crippen molar-refractivity contribution in [3.05, 3.63) is 23.8 Å². The van der Waals surface area contributed by atoms with E-state index >= 15 is 0 Å². The van der Waals surface area contributed by atoms with Gasteiger partial charge in [0.25, 0.3) is 5.91 Å². The number of amides is 1. The summed E-state index contributed by atoms with van der Waals surface area (Å²) in [5.74, 6) is 0.833. The minimum Gasteiger partial charge on any atom is -0.482 e. The second-order valence-electron chi connectivity index (χ2n) is 6.21. The monoisotopic (exact) mass is 395 g/mol. The number of nitrogens with one attached hydrogen (secondary N) is 1. The lowest BCUT2D eigenvalue weighted by Gasteiger charge is -2.18. The second kappa shape index (κ2) is 9.32. The molecular weight excluding hydrogens is 374 g/mol. The molecule has 8 heteroatoms. The third kappa shape index (κ3) is 5.41. The number of esters is 1. The molecule has 1 atom stereocenters. The third-order valence-corrected chi connectivity index (χ3v) is 7.19. The summed E-state index contributed by atoms with van der Waals surface area (Å²) >= 11 is 0. The van der Waals surface area contributed by atoms with Crippen molar-refractivity contribution >= 4 is 44.9 Å². The van der Waals surface area contributed by atoms with Crippen LogP contribution >= 0.6 is 21.6 Å². The summed E-state index contributed by atoms with van der Waals surface area (Å²) in [5.41, 5.74) is 0.833. The molecule has 0 spiro atoms. The Hall–Kier alpha value is -1.67. The minimum atomic E-state index is -0.346. The average molecular weight is 396 g/mol. The SMILES string of the molecule is O=C1COc2ccc(C(=O)COC(=O)CCCC[C@@H]3CCSS3)cc2N1. The molecule has 0 aliphatic carbocycles. The number of anilines is 1. The lowest BCUT2D eigenvalue weighted by Crippen LogP contribution is -2.25. The molecular formula is C18H21NO5S2. The molecule has 1 fully saturated rings. The topological polar surface area (TPSA) is 81.7 Å². The molecule has 2 aliphatic heterocycles. The first-order chi connectivity index (χ1) is 12.6. The van der Waals surface area contributed by atoms with E-state index in [1.165, 1.54) is 12.2 Å². The summed E-state index contributed by atoms with van der Waals surface area (Å²) in [6.07, 6.45) is 4.52. The smallest absolute Gasteiger partial charge is 0.306 e. The Kier molecular flexibility index (Phi) is 6.85. The molecule has 1 amide bonds. The van der Waals surface area contributed by atoms with Crippen molar-refractivity contribution in [2.75, 3.05) is 24.3 Å². The van der Waals surface area contributed by atoms with Crippen molar-refractivity contribution in [3.8, 4) is 5.75 Å². The highest BCUT2D eigenvalue weighted by atomic mass is 33.1. The first-order valence-corrected chi connectivity index (χ1v) is 11.0. The van der Waals surface area contributed by atoms with E-state index in [1.54, 1.807) is 18.2 Å². The van der Waals surface area contributed by atoms with Crippen LogP contribution < -0.4 is 10.1 Å². The highest BCUT2D eigenvalue weighted by Crippen LogP contribution is 2.39. The minimum absolute atomic E-state index is 0.0316. The van der Waals surface area contributed by atoms with E-state index in [4.69, 9.17) is 9.47 Å². The van der Waals surface area contributed by atoms with Gasteiger partial charge in [-0.25, -0.2) is 0 Å². The normalized spacial score (nSPS) is 18.6. The molecule has 1 N–H and O–H groups in total. The molecule has 1 aromatic rings. The fourth-order valence-corrected chi connectivity index (χ4v) is 5.79. The number of unbranched alkanes of at least 4 members (excludes halogenated alkanes) is 1. The van der Waals surface area contributed by atoms with Crippen LogP contribution in [0.2, 0.25) is 0 Å². The Morgan fingerprint density at radius 2 is 2.19 bits per heavy atom. The van der Waals surface area contributed by atoms with E-state index in [0.717, 1.165) is 19.3 Å². The summed E-state index contributed by atoms with van der Waals surface area (Å²) < 4.78 is 10.3. The Morgan fingerprint density at radius 3 is 3.00 bits per heavy atom. The van der Waals surface area contributed by atoms with Gasteiger partial charge >= 0.3 is 5.97 Å². The first-order valence-electron chi connectivity index (χ1n) is 8.65. The number of fused-ring (bicyclic) bond motifs is 1. The summed E-state index contributed by atoms with van der Waals surface area (Å²) in [6.45, 7) is -0.322. The Balaban J connectivity index is 1.38. The maximum Gasteiger partial charge on any atom is 0.306 e. The van der Waals surface area contributed by atoms with Crippen LogP contribution in [0.4, 0.5) is 5.69 Å². The molecule has 140 valence electrons. The fraction of sp³-hybridized carbons (Fsp3) is 0.500. The molecule has 0 bridgehead atoms. The summed E-state index contributed by atoms with van der Waals surface area (Å²) in [5, 5.41) is 3.36. The van der Waals surface area contributed by atoms with Crippen LogP contribution in [0.5, 0.6) is 5.75 Å². The van der Waals surface area contributed by atoms with E-state index in [2.05, 4.69) is 5.32 Å². The number of hydrogen-bond donors (Lipinski definition) is 1. The predicted octanol–water partition coefficient (Wildman–Crippen LogP) is 3.46. The quantitative estimate of drug-likeness (QED) is 0.312. The number of ketones is 1. The van der Waals surface area contributed by atoms with Crippen LogP contribution in [0, 0.1) is 0 Å². The zero-order valence-electron chi connectivity index (χ0n) is 14.3. The maximum atomic E-state index is 12.2. The van der Waals surface area contributed by atoms with Crippen LogP contribution in [-0.2, 0) is 14.3 Å². The van der Waals surface area contributed by atoms with Crippen LogP contribution in [0.15, 0.2) is 18.2 Å². The Morgan fingerprint density at radius 1 is 1.31 bits per heavy atom. The van der Waals surface area contributed by atoms with E-state index in [9.17, 15) is 14.4 Å². The van der Waals surface area contributed by atoms with Gasteiger partial charge in [-0.05, 0) is 37.5 Å². The van der Waals surface area contributed by atoms with E-state index in [0.29, 0.717) is 28.7 Å². The van der Waals surface area contributed by atoms with Crippen molar-refractivity contribution in [1.29, 1.82) is 0 Å². The third-order valence-electron chi connectivity index (χ3n) is 4.18. The average Bonchev–Trinajstić information content (AvgIpc) is 3.16. The first kappa shape index (κ1) is 19.1. The van der Waals surface area contributed by atoms with Crippen LogP contribution in [0.3, 0.4) is 0 Å². The van der Waals surface area contributed by atoms with Gasteiger partial charge in [-0.3, -0.25) is 14.4 Å². The van der Waals surface area contributed by atoms with Gasteiger partial charge in [0.1, 0.15) is 5.75 Å². The lowest BCUT2D eigenvalue weighted by atomic mass is 10.1. The number of carbonyl (C=O) groups excluding carboxylic acids is 3. The van der Waals surface area contributed by atoms with Crippen molar-refractivity contribution in [2.45, 2.75) is 37.4 Å². The molecule has 1 saturated heterocycles. The van der Waals surface area contributed by atoms with Gasteiger partial charge in [0.15, 0.2) is 19.0 Å². The highest BCUT2D eigenvalue weighted by molar-refractivity contribution is 8.77. The largest absolute Gasteiger partial charge is 0.482 e. The van der Waals surface area contributed by atoms with Gasteiger partial charge in [0.05, 0.1) is 5.69 Å². The van der Waals surface area contributed by atoms with E-state index in [1.807, 2.05) is 21.6 Å². The standard InChI is InChI=1S/C18H21NO5S2/c20-15(12-5-6-16-14(9-12)19-17(21)11-23-16)10-24-18(22)4-2-1-3-13-7-8-25-26-13/h5-6,9,13H,1-4,7-8,10-11H2,(H,19,21)/t13-/m1/s1. The Bertz CT molecular complexity index is 688. The highest BCUT2D eigenvalue weighted by Gasteiger charge is 2.19. The molecule has 2 heterocycles. The van der Waals surface area contributed by atoms with E-state index < -0.39 is 0 Å². The van der Waals surface area contributed by atoms with Crippen LogP contribution in [0.25, 0.3) is 0 Å². The van der Waals surface area contributed by atoms with Gasteiger partial charge < -0.3 is 14.8 Å². The molecule has 0 aromatic heterocycles. The predicted molar refractivity (Wildman–Crippen MR) is 103 cm³/mol. The number of rotatable bonds is 8. The van der Waals surface area contributed by atoms with E-state index in [-0.39, 0.29) is 30.9 Å². The zero-order valence-corrected chi connectivity index (χ0v) is 16.0. The number of hydrogen-bond acceptors (Lipinski definition) is 7. The van der Waals surface area contributed by atoms with Crippen LogP contribution in [0.1, 0.15) is 42.5 Å². The molecule has 2 aliphatic rings. The molecule has 3 rings (SSSR count). The van der Waals surface area contributed by atoms with Crippen molar-refractivity contribution in [3.63, 3.8) is 0 Å². The number of carbonyl (C=O) groups is 3. The van der Waals surface area contributed by atoms with Gasteiger partial charge in [0.2, 0.25) is 0 Å². The summed E-state index contributed by atoms with van der Waals surface area (Å²) in [7, 11) is 3.86. The molecule has 26 heavy (non-hydrogen) atoms. The number of benzene rings is 1. The van der Waals surface area contributed by atoms with Crippen molar-refractivity contribution < 1.29 is 23.9 Å². The second-order valence-corrected chi connectivity index (χ2v) is 8.99. The summed E-state index contributed by atoms with van der Waals surface area (Å²) in [6, 6.07) is 4.77. The zero-order chi connectivity index (χ0) is 18.4. The molecule has 0 radical (unpaired) electrons. The molecule has 0 saturated carbocycles. The summed E-state index contributed by atoms with van der Waals surface area (Å²) in [4.78, 5) is 35.3. The van der Waals surface area contributed by atoms with Gasteiger partial charge in [0, 0.05) is 23.0 Å².